The first kappa shape index (κ1) is 8.55. The van der Waals surface area contributed by atoms with Gasteiger partial charge in [0.25, 0.3) is 0 Å². The SMILES string of the molecule is COc1n[c]ncc1-c1ncccn1. The van der Waals surface area contributed by atoms with Crippen molar-refractivity contribution in [2.45, 2.75) is 0 Å². The van der Waals surface area contributed by atoms with Crippen LogP contribution in [-0.4, -0.2) is 27.0 Å². The lowest BCUT2D eigenvalue weighted by Crippen LogP contribution is -1.95. The smallest absolute Gasteiger partial charge is 0.228 e. The average Bonchev–Trinajstić information content (AvgIpc) is 2.30. The molecule has 0 bridgehead atoms. The summed E-state index contributed by atoms with van der Waals surface area (Å²) >= 11 is 0. The van der Waals surface area contributed by atoms with E-state index in [0.29, 0.717) is 17.3 Å². The third-order valence-corrected chi connectivity index (χ3v) is 1.63. The van der Waals surface area contributed by atoms with E-state index in [9.17, 15) is 0 Å². The fourth-order valence-corrected chi connectivity index (χ4v) is 1.03. The minimum Gasteiger partial charge on any atom is -0.480 e. The predicted molar refractivity (Wildman–Crippen MR) is 48.4 cm³/mol. The van der Waals surface area contributed by atoms with E-state index in [0.717, 1.165) is 0 Å². The van der Waals surface area contributed by atoms with Crippen LogP contribution >= 0.6 is 0 Å². The van der Waals surface area contributed by atoms with Gasteiger partial charge in [-0.05, 0) is 6.07 Å². The predicted octanol–water partition coefficient (Wildman–Crippen LogP) is 0.742. The largest absolute Gasteiger partial charge is 0.480 e. The molecule has 0 fully saturated rings. The van der Waals surface area contributed by atoms with Crippen LogP contribution in [0.1, 0.15) is 0 Å². The van der Waals surface area contributed by atoms with Crippen LogP contribution in [0.3, 0.4) is 0 Å². The molecule has 0 unspecified atom stereocenters. The van der Waals surface area contributed by atoms with Crippen LogP contribution < -0.4 is 4.74 Å². The van der Waals surface area contributed by atoms with Crippen LogP contribution in [0.25, 0.3) is 11.4 Å². The molecule has 0 aliphatic rings. The molecule has 0 aliphatic heterocycles. The van der Waals surface area contributed by atoms with Crippen molar-refractivity contribution in [2.24, 2.45) is 0 Å². The molecule has 0 aliphatic carbocycles. The maximum Gasteiger partial charge on any atom is 0.228 e. The Kier molecular flexibility index (Phi) is 2.31. The van der Waals surface area contributed by atoms with Crippen molar-refractivity contribution in [1.29, 1.82) is 0 Å². The van der Waals surface area contributed by atoms with Gasteiger partial charge in [0.2, 0.25) is 12.2 Å². The highest BCUT2D eigenvalue weighted by Crippen LogP contribution is 2.21. The molecule has 0 saturated carbocycles. The molecule has 0 saturated heterocycles. The maximum absolute atomic E-state index is 5.04. The van der Waals surface area contributed by atoms with Crippen LogP contribution in [-0.2, 0) is 0 Å². The van der Waals surface area contributed by atoms with Gasteiger partial charge in [0.05, 0.1) is 12.7 Å². The first-order valence-corrected chi connectivity index (χ1v) is 3.96. The molecule has 2 heterocycles. The normalized spacial score (nSPS) is 9.79. The minimum absolute atomic E-state index is 0.422. The van der Waals surface area contributed by atoms with Crippen LogP contribution in [0.5, 0.6) is 5.88 Å². The molecule has 69 valence electrons. The third kappa shape index (κ3) is 1.52. The highest BCUT2D eigenvalue weighted by Gasteiger charge is 2.08. The summed E-state index contributed by atoms with van der Waals surface area (Å²) in [4.78, 5) is 15.8. The Morgan fingerprint density at radius 1 is 1.29 bits per heavy atom. The molecule has 5 nitrogen and oxygen atoms in total. The van der Waals surface area contributed by atoms with Crippen molar-refractivity contribution in [3.8, 4) is 17.3 Å². The first-order valence-electron chi connectivity index (χ1n) is 3.96. The Labute approximate surface area is 80.8 Å². The molecule has 0 N–H and O–H groups in total. The van der Waals surface area contributed by atoms with E-state index in [4.69, 9.17) is 4.74 Å². The number of methoxy groups -OCH3 is 1. The zero-order chi connectivity index (χ0) is 9.80. The Morgan fingerprint density at radius 3 is 2.79 bits per heavy atom. The zero-order valence-corrected chi connectivity index (χ0v) is 7.51. The van der Waals surface area contributed by atoms with E-state index >= 15 is 0 Å². The molecule has 0 amide bonds. The van der Waals surface area contributed by atoms with Gasteiger partial charge >= 0.3 is 0 Å². The summed E-state index contributed by atoms with van der Waals surface area (Å²) in [7, 11) is 1.53. The standard InChI is InChI=1S/C9H7N4O/c1-14-9-7(5-10-6-13-9)8-11-3-2-4-12-8/h2-5H,1H3. The second-order valence-electron chi connectivity index (χ2n) is 2.47. The molecule has 2 aromatic rings. The molecule has 2 rings (SSSR count). The third-order valence-electron chi connectivity index (χ3n) is 1.63. The van der Waals surface area contributed by atoms with Gasteiger partial charge in [-0.15, -0.1) is 0 Å². The Hall–Kier alpha value is -2.04. The second-order valence-corrected chi connectivity index (χ2v) is 2.47. The van der Waals surface area contributed by atoms with E-state index in [-0.39, 0.29) is 0 Å². The molecule has 2 aromatic heterocycles. The van der Waals surface area contributed by atoms with Gasteiger partial charge < -0.3 is 4.74 Å². The van der Waals surface area contributed by atoms with Crippen LogP contribution in [0.15, 0.2) is 24.7 Å². The molecule has 1 radical (unpaired) electrons. The number of hydrogen-bond acceptors (Lipinski definition) is 5. The number of aromatic nitrogens is 4. The Balaban J connectivity index is 2.51. The van der Waals surface area contributed by atoms with Crippen molar-refractivity contribution >= 4 is 0 Å². The quantitative estimate of drug-likeness (QED) is 0.694. The zero-order valence-electron chi connectivity index (χ0n) is 7.51. The van der Waals surface area contributed by atoms with Crippen LogP contribution in [0.4, 0.5) is 0 Å². The molecule has 0 atom stereocenters. The molecular weight excluding hydrogens is 180 g/mol. The van der Waals surface area contributed by atoms with Gasteiger partial charge in [-0.2, -0.15) is 4.98 Å². The van der Waals surface area contributed by atoms with Gasteiger partial charge in [0.15, 0.2) is 5.82 Å². The summed E-state index contributed by atoms with van der Waals surface area (Å²) < 4.78 is 5.04. The molecular formula is C9H7N4O. The minimum atomic E-state index is 0.422. The highest BCUT2D eigenvalue weighted by atomic mass is 16.5. The fourth-order valence-electron chi connectivity index (χ4n) is 1.03. The fraction of sp³-hybridized carbons (Fsp3) is 0.111. The van der Waals surface area contributed by atoms with Gasteiger partial charge in [0.1, 0.15) is 0 Å². The van der Waals surface area contributed by atoms with E-state index in [1.54, 1.807) is 24.7 Å². The Morgan fingerprint density at radius 2 is 2.07 bits per heavy atom. The summed E-state index contributed by atoms with van der Waals surface area (Å²) in [6.45, 7) is 0. The molecule has 5 heteroatoms. The molecule has 14 heavy (non-hydrogen) atoms. The Bertz CT molecular complexity index is 418. The average molecular weight is 187 g/mol. The van der Waals surface area contributed by atoms with E-state index in [1.165, 1.54) is 7.11 Å². The lowest BCUT2D eigenvalue weighted by molar-refractivity contribution is 0.398. The van der Waals surface area contributed by atoms with E-state index in [1.807, 2.05) is 0 Å². The van der Waals surface area contributed by atoms with Gasteiger partial charge in [-0.3, -0.25) is 0 Å². The highest BCUT2D eigenvalue weighted by molar-refractivity contribution is 5.59. The van der Waals surface area contributed by atoms with Crippen molar-refractivity contribution in [3.05, 3.63) is 31.0 Å². The number of nitrogens with zero attached hydrogens (tertiary/aromatic N) is 4. The molecule has 0 spiro atoms. The van der Waals surface area contributed by atoms with Gasteiger partial charge in [-0.25, -0.2) is 15.0 Å². The summed E-state index contributed by atoms with van der Waals surface area (Å²) in [5.41, 5.74) is 0.659. The molecule has 0 aromatic carbocycles. The van der Waals surface area contributed by atoms with Crippen molar-refractivity contribution in [3.63, 3.8) is 0 Å². The second kappa shape index (κ2) is 3.78. The lowest BCUT2D eigenvalue weighted by atomic mass is 10.3. The van der Waals surface area contributed by atoms with E-state index in [2.05, 4.69) is 26.3 Å². The number of rotatable bonds is 2. The van der Waals surface area contributed by atoms with Gasteiger partial charge in [-0.1, -0.05) is 0 Å². The van der Waals surface area contributed by atoms with Crippen LogP contribution in [0.2, 0.25) is 0 Å². The van der Waals surface area contributed by atoms with Crippen molar-refractivity contribution in [2.75, 3.05) is 7.11 Å². The van der Waals surface area contributed by atoms with Crippen LogP contribution in [0, 0.1) is 6.33 Å². The monoisotopic (exact) mass is 187 g/mol. The summed E-state index contributed by atoms with van der Waals surface area (Å²) in [5, 5.41) is 0. The number of ether oxygens (including phenoxy) is 1. The first-order chi connectivity index (χ1) is 6.92. The van der Waals surface area contributed by atoms with Crippen molar-refractivity contribution in [1.82, 2.24) is 19.9 Å². The van der Waals surface area contributed by atoms with E-state index < -0.39 is 0 Å². The lowest BCUT2D eigenvalue weighted by Gasteiger charge is -2.03. The summed E-state index contributed by atoms with van der Waals surface area (Å²) in [6, 6.07) is 1.74. The number of hydrogen-bond donors (Lipinski definition) is 0. The topological polar surface area (TPSA) is 60.8 Å². The summed E-state index contributed by atoms with van der Waals surface area (Å²) in [5.74, 6) is 0.963. The van der Waals surface area contributed by atoms with Gasteiger partial charge in [0, 0.05) is 18.6 Å². The van der Waals surface area contributed by atoms with Crippen molar-refractivity contribution < 1.29 is 4.74 Å². The maximum atomic E-state index is 5.04. The summed E-state index contributed by atoms with van der Waals surface area (Å²) in [6.07, 6.45) is 7.31.